The van der Waals surface area contributed by atoms with Gasteiger partial charge in [-0.2, -0.15) is 0 Å². The molecule has 2 aliphatic rings. The van der Waals surface area contributed by atoms with Crippen molar-refractivity contribution >= 4 is 17.6 Å². The van der Waals surface area contributed by atoms with Crippen LogP contribution in [0.2, 0.25) is 0 Å². The average Bonchev–Trinajstić information content (AvgIpc) is 2.84. The molecule has 1 atom stereocenters. The van der Waals surface area contributed by atoms with Gasteiger partial charge in [-0.25, -0.2) is 4.98 Å². The van der Waals surface area contributed by atoms with Crippen molar-refractivity contribution in [2.45, 2.75) is 13.0 Å². The number of hydrogen-bond acceptors (Lipinski definition) is 6. The second-order valence-corrected chi connectivity index (χ2v) is 7.75. The van der Waals surface area contributed by atoms with Crippen LogP contribution in [-0.4, -0.2) is 79.6 Å². The van der Waals surface area contributed by atoms with Crippen LogP contribution in [0, 0.1) is 0 Å². The molecule has 2 aromatic rings. The standard InChI is InChI=1S/C23H28N4O4/c1-17(28)27-10-9-26(16-21(27)18-3-5-20(30-2)6-4-18)23(29)19-7-8-24-22(15-19)25-11-13-31-14-12-25/h3-8,15,21H,9-14,16H2,1-2H3/t21-/m1/s1. The van der Waals surface area contributed by atoms with E-state index in [1.807, 2.05) is 40.1 Å². The van der Waals surface area contributed by atoms with E-state index in [-0.39, 0.29) is 17.9 Å². The first kappa shape index (κ1) is 21.1. The molecule has 2 fully saturated rings. The second-order valence-electron chi connectivity index (χ2n) is 7.75. The van der Waals surface area contributed by atoms with Gasteiger partial charge in [-0.05, 0) is 29.8 Å². The molecule has 31 heavy (non-hydrogen) atoms. The van der Waals surface area contributed by atoms with E-state index >= 15 is 0 Å². The van der Waals surface area contributed by atoms with Crippen LogP contribution in [0.3, 0.4) is 0 Å². The first-order valence-corrected chi connectivity index (χ1v) is 10.6. The van der Waals surface area contributed by atoms with E-state index in [4.69, 9.17) is 9.47 Å². The molecule has 2 amide bonds. The van der Waals surface area contributed by atoms with Crippen molar-refractivity contribution < 1.29 is 19.1 Å². The molecule has 164 valence electrons. The molecule has 8 heteroatoms. The van der Waals surface area contributed by atoms with Crippen LogP contribution < -0.4 is 9.64 Å². The van der Waals surface area contributed by atoms with E-state index < -0.39 is 0 Å². The third-order valence-corrected chi connectivity index (χ3v) is 5.90. The van der Waals surface area contributed by atoms with E-state index in [1.54, 1.807) is 26.3 Å². The lowest BCUT2D eigenvalue weighted by Crippen LogP contribution is -2.51. The van der Waals surface area contributed by atoms with Crippen LogP contribution in [0.25, 0.3) is 0 Å². The molecule has 2 saturated heterocycles. The summed E-state index contributed by atoms with van der Waals surface area (Å²) in [6, 6.07) is 11.1. The molecule has 3 heterocycles. The van der Waals surface area contributed by atoms with E-state index in [0.717, 1.165) is 30.2 Å². The van der Waals surface area contributed by atoms with Gasteiger partial charge >= 0.3 is 0 Å². The van der Waals surface area contributed by atoms with Gasteiger partial charge in [0, 0.05) is 51.4 Å². The zero-order chi connectivity index (χ0) is 21.8. The number of carbonyl (C=O) groups is 2. The summed E-state index contributed by atoms with van der Waals surface area (Å²) in [5.74, 6) is 1.52. The maximum absolute atomic E-state index is 13.3. The Hall–Kier alpha value is -3.13. The van der Waals surface area contributed by atoms with Crippen LogP contribution in [0.1, 0.15) is 28.9 Å². The number of hydrogen-bond donors (Lipinski definition) is 0. The number of nitrogens with zero attached hydrogens (tertiary/aromatic N) is 4. The molecular weight excluding hydrogens is 396 g/mol. The number of methoxy groups -OCH3 is 1. The molecule has 8 nitrogen and oxygen atoms in total. The minimum Gasteiger partial charge on any atom is -0.497 e. The van der Waals surface area contributed by atoms with Gasteiger partial charge in [0.05, 0.1) is 26.4 Å². The molecule has 4 rings (SSSR count). The Labute approximate surface area is 182 Å². The van der Waals surface area contributed by atoms with Crippen LogP contribution in [-0.2, 0) is 9.53 Å². The van der Waals surface area contributed by atoms with E-state index in [9.17, 15) is 9.59 Å². The van der Waals surface area contributed by atoms with Gasteiger partial charge in [0.2, 0.25) is 5.91 Å². The highest BCUT2D eigenvalue weighted by atomic mass is 16.5. The smallest absolute Gasteiger partial charge is 0.254 e. The Bertz CT molecular complexity index is 927. The van der Waals surface area contributed by atoms with Crippen LogP contribution in [0.5, 0.6) is 5.75 Å². The first-order valence-electron chi connectivity index (χ1n) is 10.6. The number of pyridine rings is 1. The lowest BCUT2D eigenvalue weighted by atomic mass is 10.0. The predicted octanol–water partition coefficient (Wildman–Crippen LogP) is 1.97. The number of aromatic nitrogens is 1. The summed E-state index contributed by atoms with van der Waals surface area (Å²) in [6.07, 6.45) is 1.69. The summed E-state index contributed by atoms with van der Waals surface area (Å²) >= 11 is 0. The SMILES string of the molecule is COc1ccc([C@H]2CN(C(=O)c3ccnc(N4CCOCC4)c3)CCN2C(C)=O)cc1. The van der Waals surface area contributed by atoms with E-state index in [1.165, 1.54) is 0 Å². The molecule has 0 N–H and O–H groups in total. The monoisotopic (exact) mass is 424 g/mol. The van der Waals surface area contributed by atoms with Crippen LogP contribution in [0.15, 0.2) is 42.6 Å². The normalized spacial score (nSPS) is 19.3. The largest absolute Gasteiger partial charge is 0.497 e. The van der Waals surface area contributed by atoms with E-state index in [0.29, 0.717) is 38.4 Å². The molecule has 0 saturated carbocycles. The van der Waals surface area contributed by atoms with Gasteiger partial charge in [0.1, 0.15) is 11.6 Å². The molecule has 0 spiro atoms. The highest BCUT2D eigenvalue weighted by Gasteiger charge is 2.32. The molecule has 0 unspecified atom stereocenters. The highest BCUT2D eigenvalue weighted by Crippen LogP contribution is 2.28. The maximum Gasteiger partial charge on any atom is 0.254 e. The summed E-state index contributed by atoms with van der Waals surface area (Å²) in [4.78, 5) is 35.8. The van der Waals surface area contributed by atoms with Gasteiger partial charge in [-0.15, -0.1) is 0 Å². The number of morpholine rings is 1. The minimum atomic E-state index is -0.193. The van der Waals surface area contributed by atoms with Gasteiger partial charge in [0.15, 0.2) is 0 Å². The Balaban J connectivity index is 1.54. The Morgan fingerprint density at radius 3 is 2.48 bits per heavy atom. The maximum atomic E-state index is 13.3. The van der Waals surface area contributed by atoms with Crippen molar-refractivity contribution in [2.24, 2.45) is 0 Å². The van der Waals surface area contributed by atoms with Crippen LogP contribution >= 0.6 is 0 Å². The summed E-state index contributed by atoms with van der Waals surface area (Å²) in [6.45, 7) is 5.88. The van der Waals surface area contributed by atoms with Crippen molar-refractivity contribution in [3.05, 3.63) is 53.7 Å². The lowest BCUT2D eigenvalue weighted by Gasteiger charge is -2.41. The molecule has 1 aromatic heterocycles. The Morgan fingerprint density at radius 1 is 1.06 bits per heavy atom. The minimum absolute atomic E-state index is 0.00596. The topological polar surface area (TPSA) is 75.2 Å². The number of amides is 2. The number of anilines is 1. The van der Waals surface area contributed by atoms with Crippen molar-refractivity contribution in [2.75, 3.05) is 57.9 Å². The predicted molar refractivity (Wildman–Crippen MR) is 116 cm³/mol. The van der Waals surface area contributed by atoms with Gasteiger partial charge in [-0.3, -0.25) is 9.59 Å². The second kappa shape index (κ2) is 9.34. The third-order valence-electron chi connectivity index (χ3n) is 5.90. The zero-order valence-corrected chi connectivity index (χ0v) is 18.0. The Kier molecular flexibility index (Phi) is 6.36. The molecule has 0 bridgehead atoms. The number of rotatable bonds is 4. The molecular formula is C23H28N4O4. The highest BCUT2D eigenvalue weighted by molar-refractivity contribution is 5.95. The summed E-state index contributed by atoms with van der Waals surface area (Å²) < 4.78 is 10.7. The molecule has 1 aromatic carbocycles. The summed E-state index contributed by atoms with van der Waals surface area (Å²) in [7, 11) is 1.62. The number of benzene rings is 1. The quantitative estimate of drug-likeness (QED) is 0.747. The fourth-order valence-corrected chi connectivity index (χ4v) is 4.16. The van der Waals surface area contributed by atoms with Crippen molar-refractivity contribution in [1.82, 2.24) is 14.8 Å². The van der Waals surface area contributed by atoms with E-state index in [2.05, 4.69) is 9.88 Å². The number of piperazine rings is 1. The van der Waals surface area contributed by atoms with Gasteiger partial charge in [0.25, 0.3) is 5.91 Å². The van der Waals surface area contributed by atoms with Gasteiger partial charge in [-0.1, -0.05) is 12.1 Å². The van der Waals surface area contributed by atoms with Crippen molar-refractivity contribution in [3.8, 4) is 5.75 Å². The van der Waals surface area contributed by atoms with Gasteiger partial charge < -0.3 is 24.2 Å². The fourth-order valence-electron chi connectivity index (χ4n) is 4.16. The van der Waals surface area contributed by atoms with Crippen molar-refractivity contribution in [1.29, 1.82) is 0 Å². The van der Waals surface area contributed by atoms with Crippen molar-refractivity contribution in [3.63, 3.8) is 0 Å². The number of carbonyl (C=O) groups excluding carboxylic acids is 2. The average molecular weight is 425 g/mol. The molecule has 0 radical (unpaired) electrons. The number of ether oxygens (including phenoxy) is 2. The first-order chi connectivity index (χ1) is 15.1. The Morgan fingerprint density at radius 2 is 1.81 bits per heavy atom. The summed E-state index contributed by atoms with van der Waals surface area (Å²) in [5, 5.41) is 0. The van der Waals surface area contributed by atoms with Crippen LogP contribution in [0.4, 0.5) is 5.82 Å². The third kappa shape index (κ3) is 4.64. The molecule has 2 aliphatic heterocycles. The fraction of sp³-hybridized carbons (Fsp3) is 0.435. The lowest BCUT2D eigenvalue weighted by molar-refractivity contribution is -0.133. The summed E-state index contributed by atoms with van der Waals surface area (Å²) in [5.41, 5.74) is 1.60. The zero-order valence-electron chi connectivity index (χ0n) is 18.0. The molecule has 0 aliphatic carbocycles.